The maximum Gasteiger partial charge on any atom is 0.234 e. The van der Waals surface area contributed by atoms with Gasteiger partial charge in [-0.1, -0.05) is 20.8 Å². The predicted molar refractivity (Wildman–Crippen MR) is 44.2 cm³/mol. The fraction of sp³-hybridized carbons (Fsp3) is 0.625. The maximum atomic E-state index is 8.63. The Labute approximate surface area is 71.8 Å². The first-order valence-electron chi connectivity index (χ1n) is 3.81. The zero-order valence-corrected chi connectivity index (χ0v) is 7.57. The Morgan fingerprint density at radius 3 is 2.75 bits per heavy atom. The van der Waals surface area contributed by atoms with Crippen molar-refractivity contribution in [2.24, 2.45) is 5.41 Å². The maximum absolute atomic E-state index is 8.63. The lowest BCUT2D eigenvalue weighted by molar-refractivity contribution is 0.341. The van der Waals surface area contributed by atoms with E-state index in [4.69, 9.17) is 5.26 Å². The van der Waals surface area contributed by atoms with Crippen LogP contribution in [0, 0.1) is 16.7 Å². The van der Waals surface area contributed by atoms with Gasteiger partial charge in [0.05, 0.1) is 0 Å². The molecule has 64 valence electrons. The molecular formula is C8H12N4. The van der Waals surface area contributed by atoms with E-state index in [-0.39, 0.29) is 5.41 Å². The molecule has 0 aromatic carbocycles. The Kier molecular flexibility index (Phi) is 2.13. The SMILES string of the molecule is CC(C)(C)Cn1cnnc1C#N. The van der Waals surface area contributed by atoms with Crippen LogP contribution in [0.2, 0.25) is 0 Å². The lowest BCUT2D eigenvalue weighted by Crippen LogP contribution is -2.16. The van der Waals surface area contributed by atoms with Crippen molar-refractivity contribution in [1.29, 1.82) is 5.26 Å². The monoisotopic (exact) mass is 164 g/mol. The number of nitriles is 1. The van der Waals surface area contributed by atoms with Gasteiger partial charge < -0.3 is 4.57 Å². The van der Waals surface area contributed by atoms with Gasteiger partial charge in [0, 0.05) is 6.54 Å². The zero-order chi connectivity index (χ0) is 9.19. The van der Waals surface area contributed by atoms with Crippen LogP contribution in [0.25, 0.3) is 0 Å². The molecule has 1 heterocycles. The van der Waals surface area contributed by atoms with Crippen molar-refractivity contribution in [1.82, 2.24) is 14.8 Å². The number of hydrogen-bond acceptors (Lipinski definition) is 3. The Bertz CT molecular complexity index is 300. The molecule has 0 fully saturated rings. The van der Waals surface area contributed by atoms with Crippen molar-refractivity contribution >= 4 is 0 Å². The molecule has 12 heavy (non-hydrogen) atoms. The van der Waals surface area contributed by atoms with Crippen molar-refractivity contribution in [3.8, 4) is 6.07 Å². The standard InChI is InChI=1S/C8H12N4/c1-8(2,3)5-12-6-10-11-7(12)4-9/h6H,5H2,1-3H3. The van der Waals surface area contributed by atoms with E-state index >= 15 is 0 Å². The number of hydrogen-bond donors (Lipinski definition) is 0. The van der Waals surface area contributed by atoms with Gasteiger partial charge in [-0.25, -0.2) is 0 Å². The van der Waals surface area contributed by atoms with Gasteiger partial charge in [0.1, 0.15) is 12.4 Å². The van der Waals surface area contributed by atoms with Gasteiger partial charge in [0.25, 0.3) is 0 Å². The van der Waals surface area contributed by atoms with Crippen LogP contribution in [-0.2, 0) is 6.54 Å². The molecule has 0 radical (unpaired) electrons. The van der Waals surface area contributed by atoms with Crippen molar-refractivity contribution in [3.63, 3.8) is 0 Å². The molecule has 0 aliphatic carbocycles. The predicted octanol–water partition coefficient (Wildman–Crippen LogP) is 1.20. The van der Waals surface area contributed by atoms with E-state index in [1.807, 2.05) is 6.07 Å². The Morgan fingerprint density at radius 1 is 1.58 bits per heavy atom. The molecule has 0 spiro atoms. The number of nitrogens with zero attached hydrogens (tertiary/aromatic N) is 4. The van der Waals surface area contributed by atoms with Gasteiger partial charge in [0.15, 0.2) is 0 Å². The molecule has 0 amide bonds. The molecule has 0 bridgehead atoms. The normalized spacial score (nSPS) is 11.2. The summed E-state index contributed by atoms with van der Waals surface area (Å²) in [6, 6.07) is 1.99. The van der Waals surface area contributed by atoms with Gasteiger partial charge in [-0.2, -0.15) is 5.26 Å². The summed E-state index contributed by atoms with van der Waals surface area (Å²) in [6.45, 7) is 7.08. The molecule has 4 heteroatoms. The molecule has 1 aromatic heterocycles. The highest BCUT2D eigenvalue weighted by atomic mass is 15.3. The summed E-state index contributed by atoms with van der Waals surface area (Å²) in [5.41, 5.74) is 0.147. The van der Waals surface area contributed by atoms with Crippen LogP contribution in [0.4, 0.5) is 0 Å². The summed E-state index contributed by atoms with van der Waals surface area (Å²) in [6.07, 6.45) is 1.59. The van der Waals surface area contributed by atoms with Crippen LogP contribution in [0.1, 0.15) is 26.6 Å². The second-order valence-corrected chi connectivity index (χ2v) is 3.95. The van der Waals surface area contributed by atoms with Crippen molar-refractivity contribution in [3.05, 3.63) is 12.2 Å². The second kappa shape index (κ2) is 2.94. The van der Waals surface area contributed by atoms with Gasteiger partial charge in [-0.15, -0.1) is 10.2 Å². The fourth-order valence-corrected chi connectivity index (χ4v) is 0.968. The Morgan fingerprint density at radius 2 is 2.25 bits per heavy atom. The van der Waals surface area contributed by atoms with Crippen molar-refractivity contribution in [2.75, 3.05) is 0 Å². The molecule has 0 saturated heterocycles. The third-order valence-electron chi connectivity index (χ3n) is 1.36. The van der Waals surface area contributed by atoms with E-state index in [2.05, 4.69) is 31.0 Å². The first-order valence-corrected chi connectivity index (χ1v) is 3.81. The lowest BCUT2D eigenvalue weighted by atomic mass is 9.97. The van der Waals surface area contributed by atoms with E-state index in [1.54, 1.807) is 10.9 Å². The lowest BCUT2D eigenvalue weighted by Gasteiger charge is -2.18. The fourth-order valence-electron chi connectivity index (χ4n) is 0.968. The Hall–Kier alpha value is -1.37. The summed E-state index contributed by atoms with van der Waals surface area (Å²) < 4.78 is 1.76. The molecule has 0 atom stereocenters. The van der Waals surface area contributed by atoms with Gasteiger partial charge in [0.2, 0.25) is 5.82 Å². The van der Waals surface area contributed by atoms with Crippen LogP contribution in [-0.4, -0.2) is 14.8 Å². The summed E-state index contributed by atoms with van der Waals surface area (Å²) in [7, 11) is 0. The van der Waals surface area contributed by atoms with Crippen LogP contribution in [0.5, 0.6) is 0 Å². The van der Waals surface area contributed by atoms with Gasteiger partial charge in [-0.3, -0.25) is 0 Å². The summed E-state index contributed by atoms with van der Waals surface area (Å²) in [5.74, 6) is 0.380. The van der Waals surface area contributed by atoms with Crippen LogP contribution < -0.4 is 0 Å². The largest absolute Gasteiger partial charge is 0.305 e. The molecule has 1 aromatic rings. The highest BCUT2D eigenvalue weighted by Crippen LogP contribution is 2.16. The highest BCUT2D eigenvalue weighted by Gasteiger charge is 2.13. The smallest absolute Gasteiger partial charge is 0.234 e. The van der Waals surface area contributed by atoms with Crippen LogP contribution >= 0.6 is 0 Å². The number of rotatable bonds is 1. The minimum atomic E-state index is 0.147. The minimum Gasteiger partial charge on any atom is -0.305 e. The van der Waals surface area contributed by atoms with E-state index in [9.17, 15) is 0 Å². The summed E-state index contributed by atoms with van der Waals surface area (Å²) >= 11 is 0. The van der Waals surface area contributed by atoms with Gasteiger partial charge in [-0.05, 0) is 5.41 Å². The van der Waals surface area contributed by atoms with E-state index in [0.717, 1.165) is 6.54 Å². The summed E-state index contributed by atoms with van der Waals surface area (Å²) in [5, 5.41) is 16.0. The van der Waals surface area contributed by atoms with Crippen LogP contribution in [0.3, 0.4) is 0 Å². The topological polar surface area (TPSA) is 54.5 Å². The molecule has 0 aliphatic rings. The zero-order valence-electron chi connectivity index (χ0n) is 7.57. The van der Waals surface area contributed by atoms with E-state index < -0.39 is 0 Å². The average Bonchev–Trinajstić information content (AvgIpc) is 2.31. The van der Waals surface area contributed by atoms with E-state index in [0.29, 0.717) is 5.82 Å². The van der Waals surface area contributed by atoms with Crippen molar-refractivity contribution in [2.45, 2.75) is 27.3 Å². The van der Waals surface area contributed by atoms with Crippen LogP contribution in [0.15, 0.2) is 6.33 Å². The van der Waals surface area contributed by atoms with E-state index in [1.165, 1.54) is 0 Å². The molecule has 0 N–H and O–H groups in total. The van der Waals surface area contributed by atoms with Crippen molar-refractivity contribution < 1.29 is 0 Å². The first kappa shape index (κ1) is 8.72. The minimum absolute atomic E-state index is 0.147. The third kappa shape index (κ3) is 2.06. The molecular weight excluding hydrogens is 152 g/mol. The molecule has 4 nitrogen and oxygen atoms in total. The molecule has 1 rings (SSSR count). The third-order valence-corrected chi connectivity index (χ3v) is 1.36. The Balaban J connectivity index is 2.84. The quantitative estimate of drug-likeness (QED) is 0.626. The second-order valence-electron chi connectivity index (χ2n) is 3.95. The molecule has 0 saturated carbocycles. The van der Waals surface area contributed by atoms with Gasteiger partial charge >= 0.3 is 0 Å². The highest BCUT2D eigenvalue weighted by molar-refractivity contribution is 5.08. The number of aromatic nitrogens is 3. The summed E-state index contributed by atoms with van der Waals surface area (Å²) in [4.78, 5) is 0. The average molecular weight is 164 g/mol. The molecule has 0 unspecified atom stereocenters. The first-order chi connectivity index (χ1) is 5.53. The molecule has 0 aliphatic heterocycles.